The van der Waals surface area contributed by atoms with Gasteiger partial charge in [0.1, 0.15) is 0 Å². The molecule has 0 aliphatic rings. The van der Waals surface area contributed by atoms with E-state index in [1.807, 2.05) is 0 Å². The summed E-state index contributed by atoms with van der Waals surface area (Å²) in [5, 5.41) is 7.72. The van der Waals surface area contributed by atoms with Crippen molar-refractivity contribution in [2.24, 2.45) is 0 Å². The number of hydrogen-bond donors (Lipinski definition) is 1. The molecule has 0 spiro atoms. The number of benzene rings is 1. The first-order valence-electron chi connectivity index (χ1n) is 4.96. The molecule has 1 aromatic carbocycles. The van der Waals surface area contributed by atoms with Crippen LogP contribution in [-0.2, 0) is 11.2 Å². The van der Waals surface area contributed by atoms with Crippen LogP contribution < -0.4 is 0 Å². The Morgan fingerprint density at radius 1 is 1.36 bits per heavy atom. The van der Waals surface area contributed by atoms with Crippen molar-refractivity contribution in [2.75, 3.05) is 0 Å². The molecule has 0 aliphatic carbocycles. The Hall–Kier alpha value is -0.310. The van der Waals surface area contributed by atoms with Gasteiger partial charge in [0.25, 0.3) is 0 Å². The molecule has 0 bridgehead atoms. The first-order chi connectivity index (χ1) is 6.70. The van der Waals surface area contributed by atoms with Crippen molar-refractivity contribution in [1.29, 1.82) is 0 Å². The van der Waals surface area contributed by atoms with E-state index in [0.29, 0.717) is 0 Å². The molecule has 0 atom stereocenters. The number of hydrogen-bond acceptors (Lipinski definition) is 1. The molecule has 0 aromatic heterocycles. The van der Waals surface area contributed by atoms with Crippen molar-refractivity contribution < 1.29 is 9.90 Å². The Labute approximate surface area is 103 Å². The number of carboxylic acids is 1. The SMILES string of the molecule is CCC(=O)O.[Na][CH2]Cc1ccccc1. The topological polar surface area (TPSA) is 37.3 Å². The molecular formula is C11H15NaO2. The Morgan fingerprint density at radius 2 is 1.86 bits per heavy atom. The first kappa shape index (κ1) is 13.7. The van der Waals surface area contributed by atoms with E-state index >= 15 is 0 Å². The van der Waals surface area contributed by atoms with Crippen molar-refractivity contribution in [3.8, 4) is 0 Å². The van der Waals surface area contributed by atoms with Gasteiger partial charge in [-0.15, -0.1) is 0 Å². The van der Waals surface area contributed by atoms with E-state index in [9.17, 15) is 4.79 Å². The van der Waals surface area contributed by atoms with Gasteiger partial charge in [-0.3, -0.25) is 4.79 Å². The zero-order valence-electron chi connectivity index (χ0n) is 8.86. The number of aliphatic carboxylic acids is 1. The van der Waals surface area contributed by atoms with E-state index in [-0.39, 0.29) is 6.42 Å². The van der Waals surface area contributed by atoms with Gasteiger partial charge in [-0.1, -0.05) is 6.92 Å². The molecule has 3 heteroatoms. The summed E-state index contributed by atoms with van der Waals surface area (Å²) in [6, 6.07) is 10.7. The van der Waals surface area contributed by atoms with Crippen LogP contribution in [-0.4, -0.2) is 39.0 Å². The first-order valence-corrected chi connectivity index (χ1v) is 6.37. The van der Waals surface area contributed by atoms with Crippen LogP contribution in [0.25, 0.3) is 0 Å². The molecule has 0 amide bonds. The fourth-order valence-corrected chi connectivity index (χ4v) is 1.51. The zero-order valence-corrected chi connectivity index (χ0v) is 10.9. The average Bonchev–Trinajstić information content (AvgIpc) is 2.21. The summed E-state index contributed by atoms with van der Waals surface area (Å²) < 4.78 is 1.38. The van der Waals surface area contributed by atoms with Gasteiger partial charge < -0.3 is 5.11 Å². The molecule has 0 saturated heterocycles. The normalized spacial score (nSPS) is 8.79. The van der Waals surface area contributed by atoms with Crippen molar-refractivity contribution in [2.45, 2.75) is 23.4 Å². The van der Waals surface area contributed by atoms with E-state index in [0.717, 1.165) is 0 Å². The van der Waals surface area contributed by atoms with Gasteiger partial charge in [0.05, 0.1) is 0 Å². The second-order valence-electron chi connectivity index (χ2n) is 2.98. The van der Waals surface area contributed by atoms with Crippen molar-refractivity contribution in [3.05, 3.63) is 35.9 Å². The molecule has 1 N–H and O–H groups in total. The predicted molar refractivity (Wildman–Crippen MR) is 58.6 cm³/mol. The Bertz CT molecular complexity index is 247. The standard InChI is InChI=1S/C8H9.C3H6O2.Na/c1-2-8-6-4-3-5-7-8;1-2-3(4)5;/h3-7H,1-2H2;2H2,1H3,(H,4,5);. The fourth-order valence-electron chi connectivity index (χ4n) is 0.933. The Balaban J connectivity index is 0.000000292. The van der Waals surface area contributed by atoms with Gasteiger partial charge in [-0.05, 0) is 0 Å². The van der Waals surface area contributed by atoms with Crippen LogP contribution in [0, 0.1) is 0 Å². The van der Waals surface area contributed by atoms with Crippen LogP contribution >= 0.6 is 0 Å². The second-order valence-corrected chi connectivity index (χ2v) is 3.98. The van der Waals surface area contributed by atoms with E-state index in [4.69, 9.17) is 5.11 Å². The molecule has 0 fully saturated rings. The molecule has 2 nitrogen and oxygen atoms in total. The summed E-state index contributed by atoms with van der Waals surface area (Å²) >= 11 is 1.32. The quantitative estimate of drug-likeness (QED) is 0.763. The minimum absolute atomic E-state index is 0.222. The summed E-state index contributed by atoms with van der Waals surface area (Å²) in [6.07, 6.45) is 1.49. The molecule has 0 unspecified atom stereocenters. The molecule has 1 aromatic rings. The van der Waals surface area contributed by atoms with Gasteiger partial charge in [0.2, 0.25) is 0 Å². The van der Waals surface area contributed by atoms with Crippen LogP contribution in [0.15, 0.2) is 30.3 Å². The van der Waals surface area contributed by atoms with Crippen LogP contribution in [0.5, 0.6) is 0 Å². The number of aryl methyl sites for hydroxylation is 1. The molecule has 14 heavy (non-hydrogen) atoms. The van der Waals surface area contributed by atoms with Gasteiger partial charge in [0, 0.05) is 6.42 Å². The fraction of sp³-hybridized carbons (Fsp3) is 0.364. The van der Waals surface area contributed by atoms with Crippen molar-refractivity contribution in [1.82, 2.24) is 0 Å². The van der Waals surface area contributed by atoms with Crippen LogP contribution in [0.1, 0.15) is 18.9 Å². The number of rotatable bonds is 3. The van der Waals surface area contributed by atoms with Crippen molar-refractivity contribution in [3.63, 3.8) is 0 Å². The van der Waals surface area contributed by atoms with E-state index in [1.165, 1.54) is 43.6 Å². The summed E-state index contributed by atoms with van der Waals surface area (Å²) in [6.45, 7) is 1.60. The average molecular weight is 202 g/mol. The maximum absolute atomic E-state index is 9.37. The monoisotopic (exact) mass is 202 g/mol. The third kappa shape index (κ3) is 8.30. The molecule has 0 saturated carbocycles. The zero-order chi connectivity index (χ0) is 10.8. The summed E-state index contributed by atoms with van der Waals surface area (Å²) in [5.41, 5.74) is 1.48. The predicted octanol–water partition coefficient (Wildman–Crippen LogP) is 2.30. The van der Waals surface area contributed by atoms with E-state index in [1.54, 1.807) is 6.92 Å². The summed E-state index contributed by atoms with van der Waals surface area (Å²) in [5.74, 6) is -0.745. The summed E-state index contributed by atoms with van der Waals surface area (Å²) in [7, 11) is 0. The second kappa shape index (κ2) is 9.25. The molecule has 72 valence electrons. The van der Waals surface area contributed by atoms with Crippen molar-refractivity contribution >= 4 is 33.9 Å². The minimum atomic E-state index is -0.745. The molecule has 0 radical (unpaired) electrons. The number of carboxylic acid groups (broad SMARTS) is 1. The van der Waals surface area contributed by atoms with Crippen LogP contribution in [0.4, 0.5) is 0 Å². The van der Waals surface area contributed by atoms with E-state index in [2.05, 4.69) is 30.3 Å². The van der Waals surface area contributed by atoms with Gasteiger partial charge in [-0.25, -0.2) is 0 Å². The van der Waals surface area contributed by atoms with Gasteiger partial charge in [-0.2, -0.15) is 0 Å². The maximum atomic E-state index is 9.37. The van der Waals surface area contributed by atoms with Gasteiger partial charge >= 0.3 is 79.9 Å². The molecule has 0 aliphatic heterocycles. The summed E-state index contributed by atoms with van der Waals surface area (Å²) in [4.78, 5) is 9.37. The third-order valence-electron chi connectivity index (χ3n) is 1.68. The van der Waals surface area contributed by atoms with Crippen LogP contribution in [0.2, 0.25) is 3.67 Å². The Morgan fingerprint density at radius 3 is 2.21 bits per heavy atom. The van der Waals surface area contributed by atoms with Crippen LogP contribution in [0.3, 0.4) is 0 Å². The molecule has 1 rings (SSSR count). The molecular weight excluding hydrogens is 187 g/mol. The van der Waals surface area contributed by atoms with E-state index < -0.39 is 5.97 Å². The molecule has 0 heterocycles. The number of carbonyl (C=O) groups is 1. The Kier molecular flexibility index (Phi) is 9.05. The van der Waals surface area contributed by atoms with Gasteiger partial charge in [0.15, 0.2) is 0 Å². The third-order valence-corrected chi connectivity index (χ3v) is 2.18.